The van der Waals surface area contributed by atoms with Crippen LogP contribution >= 0.6 is 19.3 Å². The summed E-state index contributed by atoms with van der Waals surface area (Å²) in [5.74, 6) is -3.99. The van der Waals surface area contributed by atoms with Gasteiger partial charge in [-0.3, -0.25) is 13.9 Å². The van der Waals surface area contributed by atoms with Crippen molar-refractivity contribution in [2.75, 3.05) is 37.2 Å². The molecular weight excluding hydrogens is 572 g/mol. The second kappa shape index (κ2) is 11.8. The topological polar surface area (TPSA) is 185 Å². The maximum atomic E-state index is 15.8. The first kappa shape index (κ1) is 29.9. The number of nitrogen functional groups attached to an aromatic ring is 1. The lowest BCUT2D eigenvalue weighted by Gasteiger charge is -2.34. The minimum Gasteiger partial charge on any atom is -0.465 e. The number of aromatic nitrogens is 4. The van der Waals surface area contributed by atoms with E-state index in [1.807, 2.05) is 0 Å². The molecule has 0 aliphatic carbocycles. The van der Waals surface area contributed by atoms with Crippen LogP contribution in [0.2, 0.25) is 0 Å². The van der Waals surface area contributed by atoms with E-state index in [4.69, 9.17) is 35.9 Å². The van der Waals surface area contributed by atoms with Gasteiger partial charge >= 0.3 is 13.7 Å². The molecule has 3 aromatic rings. The molecular formula is C23H30ClFN7O7P. The van der Waals surface area contributed by atoms with E-state index in [0.29, 0.717) is 11.3 Å². The van der Waals surface area contributed by atoms with Crippen molar-refractivity contribution in [3.63, 3.8) is 0 Å². The standard InChI is InChI=1S/C23H30ClFN7O7P/c1-4-36-20(33)14(2)31-40(35,39-15-8-6-5-7-9-15)37-12-22(11-24)23(25,34)10-16(38-22)32-13-28-17-18(27-3)29-21(26)30-19(17)32/h5-9,13-14,16,34H,4,10-12H2,1-3H3,(H,31,35)(H3,26,27,29,30)/t14-,16-,22-,23+,40?/m1/s1. The van der Waals surface area contributed by atoms with Crippen LogP contribution in [0, 0.1) is 0 Å². The summed E-state index contributed by atoms with van der Waals surface area (Å²) >= 11 is 6.14. The second-order valence-corrected chi connectivity index (χ2v) is 10.9. The quantitative estimate of drug-likeness (QED) is 0.135. The molecule has 5 N–H and O–H groups in total. The van der Waals surface area contributed by atoms with Gasteiger partial charge in [0.2, 0.25) is 11.8 Å². The summed E-state index contributed by atoms with van der Waals surface area (Å²) in [6, 6.07) is 6.86. The Hall–Kier alpha value is -3.07. The molecule has 1 fully saturated rings. The Balaban J connectivity index is 1.61. The Bertz CT molecular complexity index is 1400. The zero-order chi connectivity index (χ0) is 29.1. The Kier molecular flexibility index (Phi) is 8.83. The molecule has 4 rings (SSSR count). The van der Waals surface area contributed by atoms with Crippen LogP contribution in [0.1, 0.15) is 26.5 Å². The number of halogens is 2. The van der Waals surface area contributed by atoms with E-state index in [1.54, 1.807) is 32.2 Å². The molecule has 0 spiro atoms. The second-order valence-electron chi connectivity index (χ2n) is 8.95. The Labute approximate surface area is 233 Å². The zero-order valence-electron chi connectivity index (χ0n) is 21.9. The molecule has 1 aliphatic heterocycles. The number of alkyl halides is 2. The monoisotopic (exact) mass is 601 g/mol. The van der Waals surface area contributed by atoms with Crippen molar-refractivity contribution in [1.82, 2.24) is 24.6 Å². The fraction of sp³-hybridized carbons (Fsp3) is 0.478. The van der Waals surface area contributed by atoms with Crippen LogP contribution in [0.15, 0.2) is 36.7 Å². The molecule has 40 heavy (non-hydrogen) atoms. The average molecular weight is 602 g/mol. The van der Waals surface area contributed by atoms with Crippen LogP contribution in [0.25, 0.3) is 11.2 Å². The summed E-state index contributed by atoms with van der Waals surface area (Å²) in [6.07, 6.45) is -0.441. The number of nitrogens with two attached hydrogens (primary N) is 1. The predicted molar refractivity (Wildman–Crippen MR) is 143 cm³/mol. The van der Waals surface area contributed by atoms with Crippen molar-refractivity contribution in [2.45, 2.75) is 44.0 Å². The molecule has 1 aliphatic rings. The number of benzene rings is 1. The molecule has 218 valence electrons. The maximum Gasteiger partial charge on any atom is 0.459 e. The summed E-state index contributed by atoms with van der Waals surface area (Å²) in [5, 5.41) is 16.2. The fourth-order valence-electron chi connectivity index (χ4n) is 4.06. The number of carbonyl (C=O) groups is 1. The smallest absolute Gasteiger partial charge is 0.459 e. The van der Waals surface area contributed by atoms with E-state index in [0.717, 1.165) is 0 Å². The molecule has 17 heteroatoms. The number of ether oxygens (including phenoxy) is 2. The van der Waals surface area contributed by atoms with Crippen molar-refractivity contribution in [1.29, 1.82) is 0 Å². The lowest BCUT2D eigenvalue weighted by molar-refractivity contribution is -0.203. The largest absolute Gasteiger partial charge is 0.465 e. The van der Waals surface area contributed by atoms with Gasteiger partial charge in [0.1, 0.15) is 18.0 Å². The molecule has 1 aromatic carbocycles. The molecule has 14 nitrogen and oxygen atoms in total. The highest BCUT2D eigenvalue weighted by Gasteiger charge is 2.62. The van der Waals surface area contributed by atoms with Gasteiger partial charge in [0.25, 0.3) is 0 Å². The highest BCUT2D eigenvalue weighted by Crippen LogP contribution is 2.51. The molecule has 0 bridgehead atoms. The third-order valence-corrected chi connectivity index (χ3v) is 8.19. The third kappa shape index (κ3) is 5.99. The van der Waals surface area contributed by atoms with Gasteiger partial charge in [-0.1, -0.05) is 18.2 Å². The summed E-state index contributed by atoms with van der Waals surface area (Å²) in [5.41, 5.74) is 4.14. The molecule has 0 amide bonds. The van der Waals surface area contributed by atoms with E-state index in [9.17, 15) is 14.5 Å². The number of para-hydroxylation sites is 1. The van der Waals surface area contributed by atoms with Crippen molar-refractivity contribution in [2.24, 2.45) is 0 Å². The number of carbonyl (C=O) groups excluding carboxylic acids is 1. The van der Waals surface area contributed by atoms with Crippen molar-refractivity contribution >= 4 is 48.2 Å². The highest BCUT2D eigenvalue weighted by molar-refractivity contribution is 7.52. The van der Waals surface area contributed by atoms with Crippen molar-refractivity contribution in [3.8, 4) is 5.75 Å². The normalized spacial score (nSPS) is 24.9. The zero-order valence-corrected chi connectivity index (χ0v) is 23.6. The number of nitrogens with zero attached hydrogens (tertiary/aromatic N) is 4. The van der Waals surface area contributed by atoms with Gasteiger partial charge in [0.15, 0.2) is 22.6 Å². The van der Waals surface area contributed by atoms with Gasteiger partial charge in [-0.05, 0) is 26.0 Å². The van der Waals surface area contributed by atoms with Gasteiger partial charge in [0, 0.05) is 7.05 Å². The first-order valence-corrected chi connectivity index (χ1v) is 14.3. The Morgan fingerprint density at radius 2 is 2.12 bits per heavy atom. The summed E-state index contributed by atoms with van der Waals surface area (Å²) < 4.78 is 53.0. The molecule has 2 aromatic heterocycles. The third-order valence-electron chi connectivity index (χ3n) is 6.13. The number of fused-ring (bicyclic) bond motifs is 1. The lowest BCUT2D eigenvalue weighted by Crippen LogP contribution is -2.53. The number of nitrogens with one attached hydrogen (secondary N) is 2. The van der Waals surface area contributed by atoms with Crippen LogP contribution in [0.3, 0.4) is 0 Å². The summed E-state index contributed by atoms with van der Waals surface area (Å²) in [7, 11) is -2.79. The fourth-order valence-corrected chi connectivity index (χ4v) is 5.94. The first-order valence-electron chi connectivity index (χ1n) is 12.2. The number of hydrogen-bond donors (Lipinski definition) is 4. The van der Waals surface area contributed by atoms with Crippen molar-refractivity contribution in [3.05, 3.63) is 36.7 Å². The van der Waals surface area contributed by atoms with Crippen LogP contribution in [0.5, 0.6) is 5.75 Å². The van der Waals surface area contributed by atoms with Gasteiger partial charge in [0.05, 0.1) is 31.8 Å². The number of aliphatic hydroxyl groups is 1. The van der Waals surface area contributed by atoms with Crippen LogP contribution in [-0.4, -0.2) is 74.2 Å². The average Bonchev–Trinajstić information content (AvgIpc) is 3.45. The molecule has 3 heterocycles. The number of rotatable bonds is 12. The number of anilines is 2. The minimum absolute atomic E-state index is 0.0696. The van der Waals surface area contributed by atoms with Gasteiger partial charge < -0.3 is 30.2 Å². The Morgan fingerprint density at radius 1 is 1.40 bits per heavy atom. The number of esters is 1. The van der Waals surface area contributed by atoms with Crippen LogP contribution in [0.4, 0.5) is 16.2 Å². The van der Waals surface area contributed by atoms with E-state index in [2.05, 4.69) is 25.4 Å². The Morgan fingerprint density at radius 3 is 2.77 bits per heavy atom. The van der Waals surface area contributed by atoms with E-state index < -0.39 is 56.3 Å². The number of hydrogen-bond acceptors (Lipinski definition) is 12. The minimum atomic E-state index is -4.41. The van der Waals surface area contributed by atoms with Crippen LogP contribution in [-0.2, 0) is 23.4 Å². The van der Waals surface area contributed by atoms with Gasteiger partial charge in [-0.15, -0.1) is 11.6 Å². The first-order chi connectivity index (χ1) is 19.0. The van der Waals surface area contributed by atoms with E-state index in [1.165, 1.54) is 30.0 Å². The number of imidazole rings is 1. The van der Waals surface area contributed by atoms with E-state index >= 15 is 4.39 Å². The van der Waals surface area contributed by atoms with Gasteiger partial charge in [-0.2, -0.15) is 15.1 Å². The maximum absolute atomic E-state index is 15.8. The van der Waals surface area contributed by atoms with E-state index in [-0.39, 0.29) is 24.0 Å². The summed E-state index contributed by atoms with van der Waals surface area (Å²) in [4.78, 5) is 24.7. The molecule has 1 saturated heterocycles. The van der Waals surface area contributed by atoms with Gasteiger partial charge in [-0.25, -0.2) is 13.9 Å². The molecule has 0 radical (unpaired) electrons. The summed E-state index contributed by atoms with van der Waals surface area (Å²) in [6.45, 7) is 2.26. The predicted octanol–water partition coefficient (Wildman–Crippen LogP) is 2.75. The van der Waals surface area contributed by atoms with Crippen LogP contribution < -0.4 is 20.7 Å². The molecule has 0 saturated carbocycles. The van der Waals surface area contributed by atoms with Crippen molar-refractivity contribution < 1.29 is 37.4 Å². The molecule has 5 atom stereocenters. The SMILES string of the molecule is CCOC(=O)[C@@H](C)NP(=O)(OC[C@@]1(CCl)O[C@@H](n2cnc3c(NC)nc(N)nc32)C[C@@]1(O)F)Oc1ccccc1. The lowest BCUT2D eigenvalue weighted by atomic mass is 9.97. The molecule has 1 unspecified atom stereocenters. The highest BCUT2D eigenvalue weighted by atomic mass is 35.5.